The molecule has 0 saturated heterocycles. The standard InChI is InChI=1S/C14H16ClN5/c1-10(14-18-16-9-19(14)2)20-12-6-4-3-5-11(12)17-13(20)7-8-15/h3-6,9-10H,7-8H2,1-2H3. The van der Waals surface area contributed by atoms with E-state index in [1.54, 1.807) is 6.33 Å². The molecule has 0 aliphatic carbocycles. The SMILES string of the molecule is CC(c1nncn1C)n1c(CCCl)nc2ccccc21. The highest BCUT2D eigenvalue weighted by molar-refractivity contribution is 6.17. The zero-order valence-corrected chi connectivity index (χ0v) is 12.2. The van der Waals surface area contributed by atoms with Crippen molar-refractivity contribution in [2.75, 3.05) is 5.88 Å². The summed E-state index contributed by atoms with van der Waals surface area (Å²) in [5.74, 6) is 2.44. The summed E-state index contributed by atoms with van der Waals surface area (Å²) in [6.07, 6.45) is 2.45. The van der Waals surface area contributed by atoms with Gasteiger partial charge in [-0.25, -0.2) is 4.98 Å². The quantitative estimate of drug-likeness (QED) is 0.694. The number of halogens is 1. The molecule has 0 radical (unpaired) electrons. The summed E-state index contributed by atoms with van der Waals surface area (Å²) in [5.41, 5.74) is 2.09. The molecular formula is C14H16ClN5. The first-order valence-corrected chi connectivity index (χ1v) is 7.11. The van der Waals surface area contributed by atoms with Crippen LogP contribution in [0.1, 0.15) is 24.6 Å². The Morgan fingerprint density at radius 1 is 1.30 bits per heavy atom. The van der Waals surface area contributed by atoms with Crippen LogP contribution in [0.5, 0.6) is 0 Å². The van der Waals surface area contributed by atoms with Gasteiger partial charge in [0.1, 0.15) is 12.2 Å². The summed E-state index contributed by atoms with van der Waals surface area (Å²) in [6, 6.07) is 8.18. The first-order chi connectivity index (χ1) is 9.72. The monoisotopic (exact) mass is 289 g/mol. The fourth-order valence-corrected chi connectivity index (χ4v) is 2.74. The second kappa shape index (κ2) is 5.25. The second-order valence-corrected chi connectivity index (χ2v) is 5.18. The van der Waals surface area contributed by atoms with Gasteiger partial charge in [-0.15, -0.1) is 21.8 Å². The van der Waals surface area contributed by atoms with E-state index in [1.165, 1.54) is 0 Å². The summed E-state index contributed by atoms with van der Waals surface area (Å²) in [4.78, 5) is 4.68. The van der Waals surface area contributed by atoms with Gasteiger partial charge in [0.25, 0.3) is 0 Å². The number of hydrogen-bond acceptors (Lipinski definition) is 3. The number of hydrogen-bond donors (Lipinski definition) is 0. The topological polar surface area (TPSA) is 48.5 Å². The van der Waals surface area contributed by atoms with Gasteiger partial charge in [-0.3, -0.25) is 0 Å². The maximum atomic E-state index is 5.91. The summed E-state index contributed by atoms with van der Waals surface area (Å²) < 4.78 is 4.13. The first-order valence-electron chi connectivity index (χ1n) is 6.58. The van der Waals surface area contributed by atoms with Crippen molar-refractivity contribution < 1.29 is 0 Å². The van der Waals surface area contributed by atoms with Crippen molar-refractivity contribution in [3.05, 3.63) is 42.2 Å². The lowest BCUT2D eigenvalue weighted by atomic mass is 10.2. The molecule has 5 nitrogen and oxygen atoms in total. The largest absolute Gasteiger partial charge is 0.319 e. The number of rotatable bonds is 4. The molecule has 2 aromatic heterocycles. The van der Waals surface area contributed by atoms with Crippen molar-refractivity contribution in [3.63, 3.8) is 0 Å². The average Bonchev–Trinajstić information content (AvgIpc) is 3.02. The first kappa shape index (κ1) is 13.1. The number of imidazole rings is 1. The normalized spacial score (nSPS) is 12.9. The lowest BCUT2D eigenvalue weighted by Gasteiger charge is -2.16. The molecule has 0 amide bonds. The van der Waals surface area contributed by atoms with Crippen LogP contribution in [0.3, 0.4) is 0 Å². The molecule has 3 rings (SSSR count). The highest BCUT2D eigenvalue weighted by Gasteiger charge is 2.19. The Balaban J connectivity index is 2.18. The van der Waals surface area contributed by atoms with E-state index in [4.69, 9.17) is 11.6 Å². The van der Waals surface area contributed by atoms with Crippen molar-refractivity contribution in [2.45, 2.75) is 19.4 Å². The van der Waals surface area contributed by atoms with Gasteiger partial charge in [0.05, 0.1) is 17.1 Å². The van der Waals surface area contributed by atoms with Gasteiger partial charge in [0, 0.05) is 19.3 Å². The Morgan fingerprint density at radius 2 is 2.10 bits per heavy atom. The molecule has 104 valence electrons. The highest BCUT2D eigenvalue weighted by atomic mass is 35.5. The molecule has 0 aliphatic rings. The number of benzene rings is 1. The van der Waals surface area contributed by atoms with E-state index in [9.17, 15) is 0 Å². The molecule has 1 aromatic carbocycles. The Hall–Kier alpha value is -1.88. The minimum atomic E-state index is 0.0631. The third kappa shape index (κ3) is 2.08. The maximum Gasteiger partial charge on any atom is 0.155 e. The molecular weight excluding hydrogens is 274 g/mol. The van der Waals surface area contributed by atoms with Crippen molar-refractivity contribution in [3.8, 4) is 0 Å². The number of aryl methyl sites for hydroxylation is 2. The molecule has 0 bridgehead atoms. The van der Waals surface area contributed by atoms with E-state index in [1.807, 2.05) is 29.8 Å². The molecule has 20 heavy (non-hydrogen) atoms. The zero-order valence-electron chi connectivity index (χ0n) is 11.5. The number of alkyl halides is 1. The van der Waals surface area contributed by atoms with Gasteiger partial charge in [-0.1, -0.05) is 12.1 Å². The van der Waals surface area contributed by atoms with E-state index in [0.717, 1.165) is 29.1 Å². The summed E-state index contributed by atoms with van der Waals surface area (Å²) in [5, 5.41) is 8.17. The summed E-state index contributed by atoms with van der Waals surface area (Å²) in [6.45, 7) is 2.11. The smallest absolute Gasteiger partial charge is 0.155 e. The summed E-state index contributed by atoms with van der Waals surface area (Å²) >= 11 is 5.91. The van der Waals surface area contributed by atoms with Crippen LogP contribution in [0.15, 0.2) is 30.6 Å². The number of fused-ring (bicyclic) bond motifs is 1. The second-order valence-electron chi connectivity index (χ2n) is 4.80. The molecule has 0 saturated carbocycles. The fraction of sp³-hybridized carbons (Fsp3) is 0.357. The van der Waals surface area contributed by atoms with E-state index < -0.39 is 0 Å². The Morgan fingerprint density at radius 3 is 2.80 bits per heavy atom. The highest BCUT2D eigenvalue weighted by Crippen LogP contribution is 2.25. The van der Waals surface area contributed by atoms with E-state index in [-0.39, 0.29) is 6.04 Å². The van der Waals surface area contributed by atoms with Crippen molar-refractivity contribution in [1.82, 2.24) is 24.3 Å². The van der Waals surface area contributed by atoms with E-state index in [2.05, 4.69) is 32.7 Å². The van der Waals surface area contributed by atoms with Gasteiger partial charge < -0.3 is 9.13 Å². The van der Waals surface area contributed by atoms with Gasteiger partial charge >= 0.3 is 0 Å². The van der Waals surface area contributed by atoms with Crippen LogP contribution in [0, 0.1) is 0 Å². The lowest BCUT2D eigenvalue weighted by Crippen LogP contribution is -2.15. The average molecular weight is 290 g/mol. The molecule has 6 heteroatoms. The van der Waals surface area contributed by atoms with Crippen LogP contribution in [0.4, 0.5) is 0 Å². The molecule has 0 aliphatic heterocycles. The fourth-order valence-electron chi connectivity index (χ4n) is 2.57. The molecule has 2 heterocycles. The minimum Gasteiger partial charge on any atom is -0.319 e. The summed E-state index contributed by atoms with van der Waals surface area (Å²) in [7, 11) is 1.95. The van der Waals surface area contributed by atoms with Crippen LogP contribution in [0.25, 0.3) is 11.0 Å². The minimum absolute atomic E-state index is 0.0631. The van der Waals surface area contributed by atoms with Gasteiger partial charge in [0.15, 0.2) is 5.82 Å². The van der Waals surface area contributed by atoms with Crippen LogP contribution >= 0.6 is 11.6 Å². The third-order valence-corrected chi connectivity index (χ3v) is 3.68. The van der Waals surface area contributed by atoms with Crippen LogP contribution in [-0.4, -0.2) is 30.2 Å². The Labute approximate surface area is 122 Å². The number of aromatic nitrogens is 5. The predicted octanol–water partition coefficient (Wildman–Crippen LogP) is 2.56. The van der Waals surface area contributed by atoms with Crippen molar-refractivity contribution >= 4 is 22.6 Å². The predicted molar refractivity (Wildman–Crippen MR) is 79.0 cm³/mol. The van der Waals surface area contributed by atoms with Crippen LogP contribution < -0.4 is 0 Å². The van der Waals surface area contributed by atoms with Crippen molar-refractivity contribution in [1.29, 1.82) is 0 Å². The molecule has 1 atom stereocenters. The van der Waals surface area contributed by atoms with Crippen LogP contribution in [0.2, 0.25) is 0 Å². The zero-order chi connectivity index (χ0) is 14.1. The molecule has 1 unspecified atom stereocenters. The van der Waals surface area contributed by atoms with E-state index in [0.29, 0.717) is 5.88 Å². The molecule has 0 N–H and O–H groups in total. The van der Waals surface area contributed by atoms with Crippen LogP contribution in [-0.2, 0) is 13.5 Å². The van der Waals surface area contributed by atoms with Gasteiger partial charge in [-0.05, 0) is 19.1 Å². The number of para-hydroxylation sites is 2. The van der Waals surface area contributed by atoms with E-state index >= 15 is 0 Å². The Bertz CT molecular complexity index is 730. The molecule has 0 spiro atoms. The van der Waals surface area contributed by atoms with Gasteiger partial charge in [-0.2, -0.15) is 0 Å². The third-order valence-electron chi connectivity index (χ3n) is 3.49. The van der Waals surface area contributed by atoms with Gasteiger partial charge in [0.2, 0.25) is 0 Å². The molecule has 0 fully saturated rings. The molecule has 3 aromatic rings. The Kier molecular flexibility index (Phi) is 3.44. The lowest BCUT2D eigenvalue weighted by molar-refractivity contribution is 0.566. The number of nitrogens with zero attached hydrogens (tertiary/aromatic N) is 5. The van der Waals surface area contributed by atoms with Crippen molar-refractivity contribution in [2.24, 2.45) is 7.05 Å². The maximum absolute atomic E-state index is 5.91.